The van der Waals surface area contributed by atoms with Gasteiger partial charge in [-0.3, -0.25) is 0 Å². The molecule has 2 heteroatoms. The molecule has 0 spiro atoms. The van der Waals surface area contributed by atoms with Crippen molar-refractivity contribution in [3.63, 3.8) is 0 Å². The molecule has 2 rings (SSSR count). The van der Waals surface area contributed by atoms with Crippen molar-refractivity contribution in [1.82, 2.24) is 0 Å². The van der Waals surface area contributed by atoms with Gasteiger partial charge in [-0.15, -0.1) is 11.8 Å². The topological polar surface area (TPSA) is 0 Å². The minimum Gasteiger partial charge on any atom is -0.129 e. The van der Waals surface area contributed by atoms with E-state index in [9.17, 15) is 0 Å². The standard InChI is InChI=1S/C15H15ClS/c1-11-7-8-15(17-2)13(9-11)10-12-5-3-4-6-14(12)16/h3-9H,10H2,1-2H3. The number of aryl methyl sites for hydroxylation is 1. The Kier molecular flexibility index (Phi) is 4.14. The quantitative estimate of drug-likeness (QED) is 0.705. The Balaban J connectivity index is 2.35. The normalized spacial score (nSPS) is 10.5. The number of halogens is 1. The zero-order valence-electron chi connectivity index (χ0n) is 10.0. The van der Waals surface area contributed by atoms with Crippen LogP contribution < -0.4 is 0 Å². The van der Waals surface area contributed by atoms with Gasteiger partial charge in [0.15, 0.2) is 0 Å². The van der Waals surface area contributed by atoms with E-state index in [1.807, 2.05) is 18.2 Å². The summed E-state index contributed by atoms with van der Waals surface area (Å²) in [6.07, 6.45) is 3.01. The lowest BCUT2D eigenvalue weighted by Crippen LogP contribution is -1.92. The summed E-state index contributed by atoms with van der Waals surface area (Å²) in [4.78, 5) is 1.33. The Morgan fingerprint density at radius 1 is 1.06 bits per heavy atom. The molecule has 0 radical (unpaired) electrons. The van der Waals surface area contributed by atoms with Crippen LogP contribution >= 0.6 is 23.4 Å². The Morgan fingerprint density at radius 3 is 2.53 bits per heavy atom. The van der Waals surface area contributed by atoms with E-state index in [0.29, 0.717) is 0 Å². The third kappa shape index (κ3) is 3.05. The van der Waals surface area contributed by atoms with Gasteiger partial charge in [-0.1, -0.05) is 47.5 Å². The minimum atomic E-state index is 0.848. The maximum atomic E-state index is 6.20. The molecule has 0 unspecified atom stereocenters. The van der Waals surface area contributed by atoms with E-state index in [-0.39, 0.29) is 0 Å². The molecule has 0 atom stereocenters. The van der Waals surface area contributed by atoms with Crippen LogP contribution in [0.3, 0.4) is 0 Å². The lowest BCUT2D eigenvalue weighted by molar-refractivity contribution is 1.12. The van der Waals surface area contributed by atoms with Crippen molar-refractivity contribution < 1.29 is 0 Å². The highest BCUT2D eigenvalue weighted by Gasteiger charge is 2.05. The van der Waals surface area contributed by atoms with Crippen molar-refractivity contribution in [2.24, 2.45) is 0 Å². The molecule has 0 aliphatic rings. The Bertz CT molecular complexity index is 520. The molecule has 0 amide bonds. The van der Waals surface area contributed by atoms with Gasteiger partial charge in [-0.2, -0.15) is 0 Å². The Labute approximate surface area is 112 Å². The predicted molar refractivity (Wildman–Crippen MR) is 77.2 cm³/mol. The highest BCUT2D eigenvalue weighted by atomic mass is 35.5. The summed E-state index contributed by atoms with van der Waals surface area (Å²) in [7, 11) is 0. The van der Waals surface area contributed by atoms with E-state index in [4.69, 9.17) is 11.6 Å². The number of thioether (sulfide) groups is 1. The molecule has 2 aromatic carbocycles. The second kappa shape index (κ2) is 5.61. The van der Waals surface area contributed by atoms with Crippen LogP contribution in [0.2, 0.25) is 5.02 Å². The summed E-state index contributed by atoms with van der Waals surface area (Å²) in [5, 5.41) is 0.848. The van der Waals surface area contributed by atoms with Crippen LogP contribution in [0.25, 0.3) is 0 Å². The molecule has 0 bridgehead atoms. The third-order valence-corrected chi connectivity index (χ3v) is 3.98. The molecule has 0 fully saturated rings. The average molecular weight is 263 g/mol. The molecule has 17 heavy (non-hydrogen) atoms. The first-order chi connectivity index (χ1) is 8.20. The Morgan fingerprint density at radius 2 is 1.82 bits per heavy atom. The maximum absolute atomic E-state index is 6.20. The van der Waals surface area contributed by atoms with Crippen LogP contribution in [-0.2, 0) is 6.42 Å². The summed E-state index contributed by atoms with van der Waals surface area (Å²) in [6, 6.07) is 14.6. The summed E-state index contributed by atoms with van der Waals surface area (Å²) in [5.74, 6) is 0. The van der Waals surface area contributed by atoms with Gasteiger partial charge >= 0.3 is 0 Å². The van der Waals surface area contributed by atoms with Crippen molar-refractivity contribution in [1.29, 1.82) is 0 Å². The van der Waals surface area contributed by atoms with E-state index < -0.39 is 0 Å². The van der Waals surface area contributed by atoms with Gasteiger partial charge < -0.3 is 0 Å². The van der Waals surface area contributed by atoms with Crippen molar-refractivity contribution >= 4 is 23.4 Å². The Hall–Kier alpha value is -0.920. The summed E-state index contributed by atoms with van der Waals surface area (Å²) >= 11 is 7.99. The van der Waals surface area contributed by atoms with E-state index in [0.717, 1.165) is 11.4 Å². The van der Waals surface area contributed by atoms with Crippen molar-refractivity contribution in [2.75, 3.05) is 6.26 Å². The highest BCUT2D eigenvalue weighted by molar-refractivity contribution is 7.98. The number of rotatable bonds is 3. The lowest BCUT2D eigenvalue weighted by atomic mass is 10.0. The van der Waals surface area contributed by atoms with Crippen LogP contribution in [0.5, 0.6) is 0 Å². The van der Waals surface area contributed by atoms with Crippen LogP contribution in [-0.4, -0.2) is 6.26 Å². The van der Waals surface area contributed by atoms with E-state index in [1.54, 1.807) is 11.8 Å². The molecule has 0 aliphatic heterocycles. The molecule has 88 valence electrons. The fraction of sp³-hybridized carbons (Fsp3) is 0.200. The number of hydrogen-bond donors (Lipinski definition) is 0. The van der Waals surface area contributed by atoms with Crippen LogP contribution in [0.4, 0.5) is 0 Å². The first-order valence-corrected chi connectivity index (χ1v) is 7.18. The van der Waals surface area contributed by atoms with Crippen LogP contribution in [0, 0.1) is 6.92 Å². The second-order valence-corrected chi connectivity index (χ2v) is 5.34. The zero-order chi connectivity index (χ0) is 12.3. The van der Waals surface area contributed by atoms with Crippen LogP contribution in [0.15, 0.2) is 47.4 Å². The minimum absolute atomic E-state index is 0.848. The van der Waals surface area contributed by atoms with Crippen LogP contribution in [0.1, 0.15) is 16.7 Å². The SMILES string of the molecule is CSc1ccc(C)cc1Cc1ccccc1Cl. The highest BCUT2D eigenvalue weighted by Crippen LogP contribution is 2.26. The lowest BCUT2D eigenvalue weighted by Gasteiger charge is -2.09. The van der Waals surface area contributed by atoms with E-state index in [1.165, 1.54) is 21.6 Å². The molecule has 0 N–H and O–H groups in total. The second-order valence-electron chi connectivity index (χ2n) is 4.08. The molecule has 0 saturated carbocycles. The molecule has 0 nitrogen and oxygen atoms in total. The first-order valence-electron chi connectivity index (χ1n) is 5.57. The van der Waals surface area contributed by atoms with Gasteiger partial charge in [-0.25, -0.2) is 0 Å². The van der Waals surface area contributed by atoms with Crippen molar-refractivity contribution in [3.05, 3.63) is 64.2 Å². The van der Waals surface area contributed by atoms with Crippen molar-refractivity contribution in [3.8, 4) is 0 Å². The van der Waals surface area contributed by atoms with E-state index in [2.05, 4.69) is 37.4 Å². The largest absolute Gasteiger partial charge is 0.129 e. The molecule has 0 aliphatic carbocycles. The molecular weight excluding hydrogens is 248 g/mol. The summed E-state index contributed by atoms with van der Waals surface area (Å²) < 4.78 is 0. The molecular formula is C15H15ClS. The van der Waals surface area contributed by atoms with Gasteiger partial charge in [0.05, 0.1) is 0 Å². The van der Waals surface area contributed by atoms with Gasteiger partial charge in [0.25, 0.3) is 0 Å². The molecule has 0 saturated heterocycles. The fourth-order valence-corrected chi connectivity index (χ4v) is 2.69. The third-order valence-electron chi connectivity index (χ3n) is 2.77. The predicted octanol–water partition coefficient (Wildman–Crippen LogP) is 4.96. The van der Waals surface area contributed by atoms with Gasteiger partial charge in [-0.05, 0) is 36.4 Å². The van der Waals surface area contributed by atoms with Gasteiger partial charge in [0.2, 0.25) is 0 Å². The molecule has 0 aromatic heterocycles. The maximum Gasteiger partial charge on any atom is 0.0441 e. The monoisotopic (exact) mass is 262 g/mol. The average Bonchev–Trinajstić information content (AvgIpc) is 2.32. The van der Waals surface area contributed by atoms with Crippen molar-refractivity contribution in [2.45, 2.75) is 18.2 Å². The summed E-state index contributed by atoms with van der Waals surface area (Å²) in [6.45, 7) is 2.13. The van der Waals surface area contributed by atoms with E-state index >= 15 is 0 Å². The number of hydrogen-bond acceptors (Lipinski definition) is 1. The smallest absolute Gasteiger partial charge is 0.0441 e. The summed E-state index contributed by atoms with van der Waals surface area (Å²) in [5.41, 5.74) is 3.84. The number of benzene rings is 2. The molecule has 0 heterocycles. The zero-order valence-corrected chi connectivity index (χ0v) is 11.6. The molecule has 2 aromatic rings. The fourth-order valence-electron chi connectivity index (χ4n) is 1.89. The van der Waals surface area contributed by atoms with Gasteiger partial charge in [0, 0.05) is 16.3 Å². The first kappa shape index (κ1) is 12.5. The van der Waals surface area contributed by atoms with Gasteiger partial charge in [0.1, 0.15) is 0 Å².